The summed E-state index contributed by atoms with van der Waals surface area (Å²) in [4.78, 5) is 31.4. The molecule has 7 heteroatoms. The molecule has 4 heterocycles. The van der Waals surface area contributed by atoms with Crippen LogP contribution in [-0.2, 0) is 27.4 Å². The number of piperidine rings is 1. The highest BCUT2D eigenvalue weighted by Crippen LogP contribution is 2.43. The molecule has 1 spiro atoms. The van der Waals surface area contributed by atoms with Crippen LogP contribution in [0.15, 0.2) is 55.2 Å². The van der Waals surface area contributed by atoms with Crippen molar-refractivity contribution in [2.75, 3.05) is 13.1 Å². The topological polar surface area (TPSA) is 69.4 Å². The summed E-state index contributed by atoms with van der Waals surface area (Å²) < 4.78 is 9.60. The maximum Gasteiger partial charge on any atom is 0.312 e. The first kappa shape index (κ1) is 18.0. The fraction of sp³-hybridized carbons (Fsp3) is 0.409. The van der Waals surface area contributed by atoms with E-state index in [0.717, 1.165) is 10.9 Å². The number of imidazole rings is 1. The van der Waals surface area contributed by atoms with Crippen LogP contribution in [0.2, 0.25) is 0 Å². The molecule has 3 aromatic rings. The normalized spacial score (nSPS) is 21.0. The zero-order chi connectivity index (χ0) is 19.8. The molecule has 5 rings (SSSR count). The Hall–Kier alpha value is -3.09. The van der Waals surface area contributed by atoms with Crippen molar-refractivity contribution in [1.82, 2.24) is 19.0 Å². The first-order valence-electron chi connectivity index (χ1n) is 10.1. The Bertz CT molecular complexity index is 1030. The molecule has 0 radical (unpaired) electrons. The van der Waals surface area contributed by atoms with Gasteiger partial charge in [0.15, 0.2) is 0 Å². The number of para-hydroxylation sites is 1. The molecule has 1 aromatic carbocycles. The molecular formula is C22H24N4O3. The Labute approximate surface area is 168 Å². The van der Waals surface area contributed by atoms with Crippen molar-refractivity contribution in [2.24, 2.45) is 5.41 Å². The van der Waals surface area contributed by atoms with Crippen LogP contribution in [0.25, 0.3) is 10.9 Å². The molecule has 2 aliphatic rings. The van der Waals surface area contributed by atoms with Crippen LogP contribution in [0.3, 0.4) is 0 Å². The minimum absolute atomic E-state index is 0.0996. The van der Waals surface area contributed by atoms with E-state index in [1.807, 2.05) is 56.8 Å². The van der Waals surface area contributed by atoms with Gasteiger partial charge >= 0.3 is 5.97 Å². The lowest BCUT2D eigenvalue weighted by Gasteiger charge is -2.36. The van der Waals surface area contributed by atoms with E-state index in [-0.39, 0.29) is 18.0 Å². The Morgan fingerprint density at radius 1 is 1.17 bits per heavy atom. The van der Waals surface area contributed by atoms with Crippen LogP contribution >= 0.6 is 0 Å². The predicted molar refractivity (Wildman–Crippen MR) is 107 cm³/mol. The van der Waals surface area contributed by atoms with E-state index < -0.39 is 5.41 Å². The molecule has 1 unspecified atom stereocenters. The number of carbonyl (C=O) groups is 2. The fourth-order valence-corrected chi connectivity index (χ4v) is 4.69. The van der Waals surface area contributed by atoms with Crippen LogP contribution in [0.4, 0.5) is 0 Å². The van der Waals surface area contributed by atoms with E-state index >= 15 is 0 Å². The Morgan fingerprint density at radius 2 is 2.00 bits per heavy atom. The number of benzene rings is 1. The van der Waals surface area contributed by atoms with Crippen molar-refractivity contribution in [3.05, 3.63) is 55.2 Å². The quantitative estimate of drug-likeness (QED) is 0.640. The molecule has 2 fully saturated rings. The summed E-state index contributed by atoms with van der Waals surface area (Å²) in [5.74, 6) is -0.00588. The molecule has 0 N–H and O–H groups in total. The zero-order valence-corrected chi connectivity index (χ0v) is 16.2. The van der Waals surface area contributed by atoms with Gasteiger partial charge in [0.1, 0.15) is 12.6 Å². The van der Waals surface area contributed by atoms with Gasteiger partial charge in [-0.3, -0.25) is 9.59 Å². The number of esters is 1. The van der Waals surface area contributed by atoms with Crippen molar-refractivity contribution in [1.29, 1.82) is 0 Å². The number of amides is 1. The van der Waals surface area contributed by atoms with E-state index in [0.29, 0.717) is 45.4 Å². The van der Waals surface area contributed by atoms with Crippen molar-refractivity contribution in [2.45, 2.75) is 38.5 Å². The van der Waals surface area contributed by atoms with Gasteiger partial charge in [-0.05, 0) is 30.4 Å². The SMILES string of the molecule is O=C(Cn1ccc2ccccc21)N1CCC2(CC1)CC(Cn1ccnc1)OC2=O. The highest BCUT2D eigenvalue weighted by molar-refractivity contribution is 5.84. The first-order chi connectivity index (χ1) is 14.1. The average molecular weight is 392 g/mol. The van der Waals surface area contributed by atoms with Gasteiger partial charge < -0.3 is 18.8 Å². The van der Waals surface area contributed by atoms with E-state index in [9.17, 15) is 9.59 Å². The third-order valence-corrected chi connectivity index (χ3v) is 6.36. The standard InChI is InChI=1S/C22H24N4O3/c27-20(15-26-9-5-17-3-1-2-4-19(17)26)25-10-6-22(7-11-25)13-18(29-21(22)28)14-24-12-8-23-16-24/h1-5,8-9,12,16,18H,6-7,10-11,13-15H2. The summed E-state index contributed by atoms with van der Waals surface area (Å²) in [6.07, 6.45) is 9.25. The number of hydrogen-bond acceptors (Lipinski definition) is 4. The van der Waals surface area contributed by atoms with Crippen LogP contribution in [0.5, 0.6) is 0 Å². The number of rotatable bonds is 4. The minimum Gasteiger partial charge on any atom is -0.460 e. The second kappa shape index (κ2) is 7.06. The van der Waals surface area contributed by atoms with E-state index in [1.54, 1.807) is 12.5 Å². The number of hydrogen-bond donors (Lipinski definition) is 0. The van der Waals surface area contributed by atoms with E-state index in [2.05, 4.69) is 4.98 Å². The summed E-state index contributed by atoms with van der Waals surface area (Å²) in [6, 6.07) is 10.1. The second-order valence-corrected chi connectivity index (χ2v) is 8.15. The van der Waals surface area contributed by atoms with Crippen LogP contribution in [0, 0.1) is 5.41 Å². The Morgan fingerprint density at radius 3 is 2.79 bits per heavy atom. The highest BCUT2D eigenvalue weighted by atomic mass is 16.6. The van der Waals surface area contributed by atoms with Gasteiger partial charge in [0.2, 0.25) is 5.91 Å². The lowest BCUT2D eigenvalue weighted by molar-refractivity contribution is -0.152. The summed E-state index contributed by atoms with van der Waals surface area (Å²) in [5.41, 5.74) is 0.623. The molecule has 2 aromatic heterocycles. The van der Waals surface area contributed by atoms with Crippen LogP contribution < -0.4 is 0 Å². The fourth-order valence-electron chi connectivity index (χ4n) is 4.69. The van der Waals surface area contributed by atoms with Gasteiger partial charge in [0, 0.05) is 43.6 Å². The molecule has 1 amide bonds. The average Bonchev–Trinajstić information content (AvgIpc) is 3.44. The summed E-state index contributed by atoms with van der Waals surface area (Å²) in [6.45, 7) is 2.17. The zero-order valence-electron chi connectivity index (χ0n) is 16.2. The molecule has 150 valence electrons. The Balaban J connectivity index is 1.21. The van der Waals surface area contributed by atoms with Crippen LogP contribution in [-0.4, -0.2) is 50.1 Å². The van der Waals surface area contributed by atoms with Crippen molar-refractivity contribution in [3.63, 3.8) is 0 Å². The van der Waals surface area contributed by atoms with Crippen molar-refractivity contribution < 1.29 is 14.3 Å². The molecule has 7 nitrogen and oxygen atoms in total. The van der Waals surface area contributed by atoms with Crippen LogP contribution in [0.1, 0.15) is 19.3 Å². The molecule has 0 aliphatic carbocycles. The molecule has 2 aliphatic heterocycles. The largest absolute Gasteiger partial charge is 0.460 e. The van der Waals surface area contributed by atoms with Crippen molar-refractivity contribution in [3.8, 4) is 0 Å². The maximum atomic E-state index is 12.8. The summed E-state index contributed by atoms with van der Waals surface area (Å²) in [7, 11) is 0. The van der Waals surface area contributed by atoms with Gasteiger partial charge in [-0.15, -0.1) is 0 Å². The number of ether oxygens (including phenoxy) is 1. The molecule has 1 atom stereocenters. The van der Waals surface area contributed by atoms with Gasteiger partial charge in [-0.25, -0.2) is 4.98 Å². The number of cyclic esters (lactones) is 1. The third-order valence-electron chi connectivity index (χ3n) is 6.36. The Kier molecular flexibility index (Phi) is 4.38. The number of carbonyl (C=O) groups excluding carboxylic acids is 2. The maximum absolute atomic E-state index is 12.8. The number of likely N-dealkylation sites (tertiary alicyclic amines) is 1. The van der Waals surface area contributed by atoms with E-state index in [4.69, 9.17) is 4.74 Å². The summed E-state index contributed by atoms with van der Waals surface area (Å²) >= 11 is 0. The lowest BCUT2D eigenvalue weighted by Crippen LogP contribution is -2.46. The molecule has 29 heavy (non-hydrogen) atoms. The van der Waals surface area contributed by atoms with Gasteiger partial charge in [0.05, 0.1) is 18.3 Å². The number of aromatic nitrogens is 3. The molecular weight excluding hydrogens is 368 g/mol. The highest BCUT2D eigenvalue weighted by Gasteiger charge is 2.50. The molecule has 0 saturated carbocycles. The third kappa shape index (κ3) is 3.30. The first-order valence-corrected chi connectivity index (χ1v) is 10.1. The molecule has 0 bridgehead atoms. The minimum atomic E-state index is -0.442. The van der Waals surface area contributed by atoms with Crippen molar-refractivity contribution >= 4 is 22.8 Å². The lowest BCUT2D eigenvalue weighted by atomic mass is 9.76. The van der Waals surface area contributed by atoms with Gasteiger partial charge in [-0.2, -0.15) is 0 Å². The smallest absolute Gasteiger partial charge is 0.312 e. The van der Waals surface area contributed by atoms with Gasteiger partial charge in [0.25, 0.3) is 0 Å². The van der Waals surface area contributed by atoms with Gasteiger partial charge in [-0.1, -0.05) is 18.2 Å². The molecule has 2 saturated heterocycles. The monoisotopic (exact) mass is 392 g/mol. The van der Waals surface area contributed by atoms with E-state index in [1.165, 1.54) is 0 Å². The second-order valence-electron chi connectivity index (χ2n) is 8.15. The predicted octanol–water partition coefficient (Wildman–Crippen LogP) is 2.46. The number of nitrogens with zero attached hydrogens (tertiary/aromatic N) is 4. The summed E-state index contributed by atoms with van der Waals surface area (Å²) in [5, 5.41) is 1.13. The number of fused-ring (bicyclic) bond motifs is 1.